The molecular weight excluding hydrogens is 188 g/mol. The van der Waals surface area contributed by atoms with Gasteiger partial charge in [-0.15, -0.1) is 11.3 Å². The second-order valence-electron chi connectivity index (χ2n) is 2.29. The Labute approximate surface area is 80.2 Å². The molecule has 0 saturated carbocycles. The van der Waals surface area contributed by atoms with Gasteiger partial charge < -0.3 is 4.74 Å². The standard InChI is InChI=1S/C8H10N2O2S/c1-6-7(3-4-13-6)5-9-10-8(11)12-2/h3-5H,1-2H3,(H,10,11)/b9-5+. The summed E-state index contributed by atoms with van der Waals surface area (Å²) in [7, 11) is 1.29. The van der Waals surface area contributed by atoms with Gasteiger partial charge in [0.15, 0.2) is 0 Å². The number of nitrogens with zero attached hydrogens (tertiary/aromatic N) is 1. The van der Waals surface area contributed by atoms with Gasteiger partial charge in [0.05, 0.1) is 13.3 Å². The molecule has 0 radical (unpaired) electrons. The third-order valence-corrected chi connectivity index (χ3v) is 2.31. The highest BCUT2D eigenvalue weighted by molar-refractivity contribution is 7.10. The molecule has 0 bridgehead atoms. The first-order valence-corrected chi connectivity index (χ1v) is 4.53. The number of thiophene rings is 1. The first-order chi connectivity index (χ1) is 6.24. The van der Waals surface area contributed by atoms with Crippen LogP contribution in [0.4, 0.5) is 4.79 Å². The van der Waals surface area contributed by atoms with Crippen LogP contribution >= 0.6 is 11.3 Å². The first kappa shape index (κ1) is 9.73. The Balaban J connectivity index is 2.50. The first-order valence-electron chi connectivity index (χ1n) is 3.65. The molecule has 1 aromatic heterocycles. The molecule has 0 aliphatic heterocycles. The van der Waals surface area contributed by atoms with Crippen molar-refractivity contribution in [3.8, 4) is 0 Å². The topological polar surface area (TPSA) is 50.7 Å². The average Bonchev–Trinajstić information content (AvgIpc) is 2.52. The van der Waals surface area contributed by atoms with E-state index in [4.69, 9.17) is 0 Å². The lowest BCUT2D eigenvalue weighted by Gasteiger charge is -1.94. The summed E-state index contributed by atoms with van der Waals surface area (Å²) in [6, 6.07) is 1.93. The fraction of sp³-hybridized carbons (Fsp3) is 0.250. The van der Waals surface area contributed by atoms with E-state index in [0.29, 0.717) is 0 Å². The van der Waals surface area contributed by atoms with E-state index in [1.54, 1.807) is 17.6 Å². The Kier molecular flexibility index (Phi) is 3.45. The van der Waals surface area contributed by atoms with E-state index >= 15 is 0 Å². The van der Waals surface area contributed by atoms with Crippen molar-refractivity contribution in [2.75, 3.05) is 7.11 Å². The summed E-state index contributed by atoms with van der Waals surface area (Å²) in [5.41, 5.74) is 3.21. The molecule has 5 heteroatoms. The summed E-state index contributed by atoms with van der Waals surface area (Å²) in [5, 5.41) is 5.67. The lowest BCUT2D eigenvalue weighted by Crippen LogP contribution is -2.16. The number of carbonyl (C=O) groups is 1. The number of hydrazone groups is 1. The third-order valence-electron chi connectivity index (χ3n) is 1.44. The van der Waals surface area contributed by atoms with Crippen LogP contribution in [0.1, 0.15) is 10.4 Å². The van der Waals surface area contributed by atoms with E-state index < -0.39 is 6.09 Å². The van der Waals surface area contributed by atoms with Gasteiger partial charge in [-0.25, -0.2) is 10.2 Å². The average molecular weight is 198 g/mol. The van der Waals surface area contributed by atoms with Crippen LogP contribution in [0.15, 0.2) is 16.5 Å². The zero-order chi connectivity index (χ0) is 9.68. The van der Waals surface area contributed by atoms with Crippen molar-refractivity contribution in [1.82, 2.24) is 5.43 Å². The van der Waals surface area contributed by atoms with Crippen molar-refractivity contribution in [2.45, 2.75) is 6.92 Å². The van der Waals surface area contributed by atoms with Crippen molar-refractivity contribution in [3.63, 3.8) is 0 Å². The summed E-state index contributed by atoms with van der Waals surface area (Å²) in [6.07, 6.45) is 1.02. The van der Waals surface area contributed by atoms with Crippen LogP contribution in [0.25, 0.3) is 0 Å². The number of amides is 1. The molecule has 0 aliphatic rings. The van der Waals surface area contributed by atoms with Crippen molar-refractivity contribution >= 4 is 23.6 Å². The molecule has 0 fully saturated rings. The maximum Gasteiger partial charge on any atom is 0.427 e. The maximum absolute atomic E-state index is 10.6. The SMILES string of the molecule is COC(=O)N/N=C/c1ccsc1C. The number of rotatable bonds is 2. The Morgan fingerprint density at radius 2 is 2.54 bits per heavy atom. The molecule has 0 aliphatic carbocycles. The van der Waals surface area contributed by atoms with Crippen molar-refractivity contribution < 1.29 is 9.53 Å². The number of methoxy groups -OCH3 is 1. The van der Waals surface area contributed by atoms with Gasteiger partial charge in [0.2, 0.25) is 0 Å². The molecule has 1 rings (SSSR count). The summed E-state index contributed by atoms with van der Waals surface area (Å²) in [6.45, 7) is 1.99. The molecule has 0 saturated heterocycles. The predicted octanol–water partition coefficient (Wildman–Crippen LogP) is 1.75. The monoisotopic (exact) mass is 198 g/mol. The van der Waals surface area contributed by atoms with E-state index in [-0.39, 0.29) is 0 Å². The molecule has 70 valence electrons. The van der Waals surface area contributed by atoms with Gasteiger partial charge in [-0.2, -0.15) is 5.10 Å². The minimum atomic E-state index is -0.566. The van der Waals surface area contributed by atoms with Crippen molar-refractivity contribution in [1.29, 1.82) is 0 Å². The number of ether oxygens (including phenoxy) is 1. The number of aryl methyl sites for hydroxylation is 1. The van der Waals surface area contributed by atoms with Crippen LogP contribution in [0.5, 0.6) is 0 Å². The number of carbonyl (C=O) groups excluding carboxylic acids is 1. The Morgan fingerprint density at radius 3 is 3.08 bits per heavy atom. The van der Waals surface area contributed by atoms with E-state index in [1.807, 2.05) is 18.4 Å². The minimum absolute atomic E-state index is 0.566. The molecule has 0 aromatic carbocycles. The number of hydrogen-bond donors (Lipinski definition) is 1. The maximum atomic E-state index is 10.6. The van der Waals surface area contributed by atoms with Gasteiger partial charge in [0, 0.05) is 10.4 Å². The molecule has 13 heavy (non-hydrogen) atoms. The smallest absolute Gasteiger partial charge is 0.427 e. The van der Waals surface area contributed by atoms with Gasteiger partial charge in [-0.1, -0.05) is 0 Å². The highest BCUT2D eigenvalue weighted by Crippen LogP contribution is 2.12. The fourth-order valence-electron chi connectivity index (χ4n) is 0.729. The lowest BCUT2D eigenvalue weighted by atomic mass is 10.3. The Morgan fingerprint density at radius 1 is 1.77 bits per heavy atom. The van der Waals surface area contributed by atoms with Gasteiger partial charge in [-0.3, -0.25) is 0 Å². The molecular formula is C8H10N2O2S. The summed E-state index contributed by atoms with van der Waals surface area (Å²) >= 11 is 1.63. The van der Waals surface area contributed by atoms with E-state index in [1.165, 1.54) is 7.11 Å². The lowest BCUT2D eigenvalue weighted by molar-refractivity contribution is 0.171. The van der Waals surface area contributed by atoms with E-state index in [0.717, 1.165) is 10.4 Å². The number of hydrogen-bond acceptors (Lipinski definition) is 4. The van der Waals surface area contributed by atoms with Gasteiger partial charge in [-0.05, 0) is 18.4 Å². The number of nitrogens with one attached hydrogen (secondary N) is 1. The second-order valence-corrected chi connectivity index (χ2v) is 3.41. The molecule has 1 amide bonds. The molecule has 4 nitrogen and oxygen atoms in total. The van der Waals surface area contributed by atoms with Crippen LogP contribution in [-0.4, -0.2) is 19.4 Å². The van der Waals surface area contributed by atoms with Crippen molar-refractivity contribution in [3.05, 3.63) is 21.9 Å². The van der Waals surface area contributed by atoms with Crippen LogP contribution < -0.4 is 5.43 Å². The van der Waals surface area contributed by atoms with Crippen LogP contribution in [0, 0.1) is 6.92 Å². The zero-order valence-corrected chi connectivity index (χ0v) is 8.22. The highest BCUT2D eigenvalue weighted by atomic mass is 32.1. The Hall–Kier alpha value is -1.36. The molecule has 1 N–H and O–H groups in total. The molecule has 1 aromatic rings. The molecule has 0 unspecified atom stereocenters. The van der Waals surface area contributed by atoms with Crippen LogP contribution in [0.2, 0.25) is 0 Å². The predicted molar refractivity (Wildman–Crippen MR) is 52.2 cm³/mol. The largest absolute Gasteiger partial charge is 0.452 e. The molecule has 0 atom stereocenters. The minimum Gasteiger partial charge on any atom is -0.452 e. The molecule has 1 heterocycles. The molecule has 0 spiro atoms. The fourth-order valence-corrected chi connectivity index (χ4v) is 1.40. The second kappa shape index (κ2) is 4.61. The summed E-state index contributed by atoms with van der Waals surface area (Å²) < 4.78 is 4.34. The third kappa shape index (κ3) is 2.87. The normalized spacial score (nSPS) is 10.3. The van der Waals surface area contributed by atoms with Gasteiger partial charge in [0.1, 0.15) is 0 Å². The quantitative estimate of drug-likeness (QED) is 0.581. The van der Waals surface area contributed by atoms with E-state index in [9.17, 15) is 4.79 Å². The zero-order valence-electron chi connectivity index (χ0n) is 7.40. The van der Waals surface area contributed by atoms with Gasteiger partial charge in [0.25, 0.3) is 0 Å². The van der Waals surface area contributed by atoms with Crippen LogP contribution in [-0.2, 0) is 4.74 Å². The highest BCUT2D eigenvalue weighted by Gasteiger charge is 1.96. The Bertz CT molecular complexity index is 320. The summed E-state index contributed by atoms with van der Waals surface area (Å²) in [4.78, 5) is 11.7. The van der Waals surface area contributed by atoms with E-state index in [2.05, 4.69) is 15.3 Å². The van der Waals surface area contributed by atoms with Crippen LogP contribution in [0.3, 0.4) is 0 Å². The van der Waals surface area contributed by atoms with Crippen molar-refractivity contribution in [2.24, 2.45) is 5.10 Å². The summed E-state index contributed by atoms with van der Waals surface area (Å²) in [5.74, 6) is 0. The van der Waals surface area contributed by atoms with Gasteiger partial charge >= 0.3 is 6.09 Å².